The largest absolute Gasteiger partial charge is 0.480 e. The molecule has 0 unspecified atom stereocenters. The highest BCUT2D eigenvalue weighted by atomic mass is 35.5. The van der Waals surface area contributed by atoms with Crippen LogP contribution in [0.1, 0.15) is 12.8 Å². The van der Waals surface area contributed by atoms with Crippen LogP contribution < -0.4 is 5.32 Å². The van der Waals surface area contributed by atoms with E-state index in [9.17, 15) is 9.59 Å². The molecule has 0 aromatic heterocycles. The highest BCUT2D eigenvalue weighted by molar-refractivity contribution is 6.36. The van der Waals surface area contributed by atoms with Crippen molar-refractivity contribution in [3.63, 3.8) is 0 Å². The van der Waals surface area contributed by atoms with Gasteiger partial charge in [0.25, 0.3) is 0 Å². The van der Waals surface area contributed by atoms with Gasteiger partial charge in [-0.25, -0.2) is 0 Å². The van der Waals surface area contributed by atoms with Gasteiger partial charge in [0.05, 0.1) is 23.8 Å². The van der Waals surface area contributed by atoms with Crippen LogP contribution in [0, 0.1) is 0 Å². The maximum Gasteiger partial charge on any atom is 0.317 e. The summed E-state index contributed by atoms with van der Waals surface area (Å²) in [6.07, 6.45) is 1.69. The van der Waals surface area contributed by atoms with E-state index >= 15 is 0 Å². The topological polar surface area (TPSA) is 72.9 Å². The minimum absolute atomic E-state index is 0. The van der Waals surface area contributed by atoms with E-state index in [-0.39, 0.29) is 37.4 Å². The van der Waals surface area contributed by atoms with Gasteiger partial charge in [-0.3, -0.25) is 19.4 Å². The molecule has 0 atom stereocenters. The zero-order chi connectivity index (χ0) is 17.7. The Morgan fingerprint density at radius 3 is 2.52 bits per heavy atom. The SMILES string of the molecule is CN(CC(=O)O)C1CCN(CC(=O)Nc2ccc(Cl)cc2Cl)CC1.Cl. The molecular formula is C16H22Cl3N3O3. The monoisotopic (exact) mass is 409 g/mol. The Morgan fingerprint density at radius 2 is 1.96 bits per heavy atom. The second kappa shape index (κ2) is 10.2. The summed E-state index contributed by atoms with van der Waals surface area (Å²) in [5.41, 5.74) is 0.544. The summed E-state index contributed by atoms with van der Waals surface area (Å²) in [5, 5.41) is 12.6. The van der Waals surface area contributed by atoms with Crippen molar-refractivity contribution in [1.82, 2.24) is 9.80 Å². The van der Waals surface area contributed by atoms with Crippen molar-refractivity contribution in [3.8, 4) is 0 Å². The zero-order valence-corrected chi connectivity index (χ0v) is 16.2. The van der Waals surface area contributed by atoms with Crippen LogP contribution in [0.2, 0.25) is 10.0 Å². The molecule has 25 heavy (non-hydrogen) atoms. The summed E-state index contributed by atoms with van der Waals surface area (Å²) in [5.74, 6) is -0.948. The second-order valence-corrected chi connectivity index (χ2v) is 6.83. The van der Waals surface area contributed by atoms with Gasteiger partial charge < -0.3 is 10.4 Å². The normalized spacial score (nSPS) is 15.7. The van der Waals surface area contributed by atoms with Crippen molar-refractivity contribution in [2.24, 2.45) is 0 Å². The van der Waals surface area contributed by atoms with Gasteiger partial charge in [-0.15, -0.1) is 12.4 Å². The minimum atomic E-state index is -0.820. The first-order valence-electron chi connectivity index (χ1n) is 7.74. The summed E-state index contributed by atoms with van der Waals surface area (Å²) < 4.78 is 0. The number of nitrogens with one attached hydrogen (secondary N) is 1. The average molecular weight is 411 g/mol. The molecule has 140 valence electrons. The van der Waals surface area contributed by atoms with Crippen LogP contribution in [0.5, 0.6) is 0 Å². The number of nitrogens with zero attached hydrogens (tertiary/aromatic N) is 2. The molecule has 1 aromatic rings. The maximum atomic E-state index is 12.1. The molecule has 6 nitrogen and oxygen atoms in total. The molecule has 1 saturated heterocycles. The van der Waals surface area contributed by atoms with E-state index < -0.39 is 5.97 Å². The highest BCUT2D eigenvalue weighted by Crippen LogP contribution is 2.25. The number of hydrogen-bond acceptors (Lipinski definition) is 4. The Labute approximate surface area is 163 Å². The molecule has 0 aliphatic carbocycles. The summed E-state index contributed by atoms with van der Waals surface area (Å²) in [4.78, 5) is 26.8. The van der Waals surface area contributed by atoms with Crippen LogP contribution in [-0.4, -0.2) is 66.1 Å². The van der Waals surface area contributed by atoms with E-state index in [1.54, 1.807) is 18.2 Å². The van der Waals surface area contributed by atoms with Crippen molar-refractivity contribution < 1.29 is 14.7 Å². The zero-order valence-electron chi connectivity index (χ0n) is 13.9. The molecule has 1 heterocycles. The van der Waals surface area contributed by atoms with Gasteiger partial charge >= 0.3 is 5.97 Å². The van der Waals surface area contributed by atoms with Gasteiger partial charge in [-0.1, -0.05) is 23.2 Å². The Bertz CT molecular complexity index is 608. The van der Waals surface area contributed by atoms with Crippen molar-refractivity contribution in [2.75, 3.05) is 38.5 Å². The number of piperidine rings is 1. The van der Waals surface area contributed by atoms with Crippen LogP contribution in [0.4, 0.5) is 5.69 Å². The number of halogens is 3. The van der Waals surface area contributed by atoms with Crippen LogP contribution in [0.15, 0.2) is 18.2 Å². The third-order valence-corrected chi connectivity index (χ3v) is 4.69. The van der Waals surface area contributed by atoms with Gasteiger partial charge in [0, 0.05) is 24.2 Å². The number of carbonyl (C=O) groups is 2. The Hall–Kier alpha value is -1.05. The van der Waals surface area contributed by atoms with E-state index in [4.69, 9.17) is 28.3 Å². The first kappa shape index (κ1) is 22.0. The fourth-order valence-electron chi connectivity index (χ4n) is 2.84. The predicted molar refractivity (Wildman–Crippen MR) is 102 cm³/mol. The lowest BCUT2D eigenvalue weighted by molar-refractivity contribution is -0.138. The smallest absolute Gasteiger partial charge is 0.317 e. The summed E-state index contributed by atoms with van der Waals surface area (Å²) in [7, 11) is 1.82. The molecular weight excluding hydrogens is 389 g/mol. The number of likely N-dealkylation sites (N-methyl/N-ethyl adjacent to an activating group) is 1. The standard InChI is InChI=1S/C16H21Cl2N3O3.ClH/c1-20(10-16(23)24)12-4-6-21(7-5-12)9-15(22)19-14-3-2-11(17)8-13(14)18;/h2-3,8,12H,4-7,9-10H2,1H3,(H,19,22)(H,23,24);1H. The number of carboxylic acid groups (broad SMARTS) is 1. The molecule has 2 rings (SSSR count). The van der Waals surface area contributed by atoms with Crippen LogP contribution in [-0.2, 0) is 9.59 Å². The molecule has 9 heteroatoms. The first-order chi connectivity index (χ1) is 11.3. The Morgan fingerprint density at radius 1 is 1.32 bits per heavy atom. The molecule has 2 N–H and O–H groups in total. The fraction of sp³-hybridized carbons (Fsp3) is 0.500. The molecule has 1 fully saturated rings. The van der Waals surface area contributed by atoms with Crippen LogP contribution >= 0.6 is 35.6 Å². The third kappa shape index (κ3) is 6.99. The average Bonchev–Trinajstić information content (AvgIpc) is 2.50. The number of amides is 1. The second-order valence-electron chi connectivity index (χ2n) is 5.99. The number of hydrogen-bond donors (Lipinski definition) is 2. The van der Waals surface area contributed by atoms with Crippen molar-refractivity contribution in [2.45, 2.75) is 18.9 Å². The number of carbonyl (C=O) groups excluding carboxylic acids is 1. The number of aliphatic carboxylic acids is 1. The molecule has 0 bridgehead atoms. The summed E-state index contributed by atoms with van der Waals surface area (Å²) in [6, 6.07) is 5.18. The van der Waals surface area contributed by atoms with Gasteiger partial charge in [0.1, 0.15) is 0 Å². The third-order valence-electron chi connectivity index (χ3n) is 4.14. The van der Waals surface area contributed by atoms with E-state index in [0.29, 0.717) is 15.7 Å². The molecule has 1 amide bonds. The van der Waals surface area contributed by atoms with E-state index in [1.807, 2.05) is 11.9 Å². The molecule has 0 saturated carbocycles. The van der Waals surface area contributed by atoms with Crippen molar-refractivity contribution in [1.29, 1.82) is 0 Å². The predicted octanol–water partition coefficient (Wildman–Crippen LogP) is 2.83. The van der Waals surface area contributed by atoms with Gasteiger partial charge in [-0.05, 0) is 38.1 Å². The van der Waals surface area contributed by atoms with Gasteiger partial charge in [0.2, 0.25) is 5.91 Å². The molecule has 0 radical (unpaired) electrons. The lowest BCUT2D eigenvalue weighted by Gasteiger charge is -2.35. The minimum Gasteiger partial charge on any atom is -0.480 e. The number of benzene rings is 1. The molecule has 1 aliphatic heterocycles. The Balaban J connectivity index is 0.00000312. The van der Waals surface area contributed by atoms with E-state index in [0.717, 1.165) is 25.9 Å². The summed E-state index contributed by atoms with van der Waals surface area (Å²) >= 11 is 11.9. The van der Waals surface area contributed by atoms with Crippen LogP contribution in [0.25, 0.3) is 0 Å². The van der Waals surface area contributed by atoms with Crippen LogP contribution in [0.3, 0.4) is 0 Å². The van der Waals surface area contributed by atoms with Gasteiger partial charge in [-0.2, -0.15) is 0 Å². The maximum absolute atomic E-state index is 12.1. The quantitative estimate of drug-likeness (QED) is 0.754. The van der Waals surface area contributed by atoms with Crippen molar-refractivity contribution >= 4 is 53.2 Å². The fourth-order valence-corrected chi connectivity index (χ4v) is 3.30. The van der Waals surface area contributed by atoms with Gasteiger partial charge in [0.15, 0.2) is 0 Å². The number of anilines is 1. The molecule has 1 aliphatic rings. The molecule has 1 aromatic carbocycles. The summed E-state index contributed by atoms with van der Waals surface area (Å²) in [6.45, 7) is 1.85. The number of rotatable bonds is 6. The Kier molecular flexibility index (Phi) is 8.96. The van der Waals surface area contributed by atoms with Crippen molar-refractivity contribution in [3.05, 3.63) is 28.2 Å². The highest BCUT2D eigenvalue weighted by Gasteiger charge is 2.24. The number of carboxylic acids is 1. The number of likely N-dealkylation sites (tertiary alicyclic amines) is 1. The lowest BCUT2D eigenvalue weighted by Crippen LogP contribution is -2.46. The first-order valence-corrected chi connectivity index (χ1v) is 8.50. The molecule has 0 spiro atoms. The van der Waals surface area contributed by atoms with E-state index in [2.05, 4.69) is 10.2 Å². The van der Waals surface area contributed by atoms with E-state index in [1.165, 1.54) is 0 Å². The lowest BCUT2D eigenvalue weighted by atomic mass is 10.0.